The van der Waals surface area contributed by atoms with Gasteiger partial charge >= 0.3 is 5.97 Å². The maximum Gasteiger partial charge on any atom is 0.330 e. The molecule has 1 aliphatic rings. The normalized spacial score (nSPS) is 16.5. The summed E-state index contributed by atoms with van der Waals surface area (Å²) in [4.78, 5) is 31.3. The van der Waals surface area contributed by atoms with E-state index in [1.807, 2.05) is 20.8 Å². The standard InChI is InChI=1S/C16H21ClN2O3/c1-16(2,3)15(21)22-19-9-7-18(8-10-19)14(20)12-5-4-6-13(17)11-12/h4-6,11H,7-10H2,1-3H3. The lowest BCUT2D eigenvalue weighted by molar-refractivity contribution is -0.205. The van der Waals surface area contributed by atoms with Crippen molar-refractivity contribution >= 4 is 23.5 Å². The number of piperazine rings is 1. The van der Waals surface area contributed by atoms with Gasteiger partial charge in [-0.2, -0.15) is 0 Å². The van der Waals surface area contributed by atoms with E-state index in [0.29, 0.717) is 36.8 Å². The van der Waals surface area contributed by atoms with Crippen molar-refractivity contribution < 1.29 is 14.4 Å². The van der Waals surface area contributed by atoms with Gasteiger partial charge in [0.2, 0.25) is 0 Å². The van der Waals surface area contributed by atoms with Crippen LogP contribution in [-0.4, -0.2) is 48.0 Å². The van der Waals surface area contributed by atoms with E-state index in [2.05, 4.69) is 0 Å². The summed E-state index contributed by atoms with van der Waals surface area (Å²) in [6, 6.07) is 6.91. The zero-order valence-electron chi connectivity index (χ0n) is 13.1. The molecule has 1 aliphatic heterocycles. The Kier molecular flexibility index (Phi) is 5.08. The smallest absolute Gasteiger partial charge is 0.330 e. The Labute approximate surface area is 135 Å². The van der Waals surface area contributed by atoms with Gasteiger partial charge in [0.05, 0.1) is 18.5 Å². The highest BCUT2D eigenvalue weighted by Crippen LogP contribution is 2.18. The highest BCUT2D eigenvalue weighted by atomic mass is 35.5. The van der Waals surface area contributed by atoms with E-state index in [0.717, 1.165) is 0 Å². The molecule has 120 valence electrons. The summed E-state index contributed by atoms with van der Waals surface area (Å²) < 4.78 is 0. The van der Waals surface area contributed by atoms with Crippen LogP contribution in [0.1, 0.15) is 31.1 Å². The Morgan fingerprint density at radius 1 is 1.14 bits per heavy atom. The molecule has 6 heteroatoms. The maximum absolute atomic E-state index is 12.4. The van der Waals surface area contributed by atoms with E-state index in [-0.39, 0.29) is 11.9 Å². The van der Waals surface area contributed by atoms with Gasteiger partial charge in [-0.05, 0) is 39.0 Å². The minimum atomic E-state index is -0.534. The molecule has 0 spiro atoms. The molecule has 1 aromatic carbocycles. The van der Waals surface area contributed by atoms with Crippen LogP contribution in [0.5, 0.6) is 0 Å². The minimum absolute atomic E-state index is 0.0516. The summed E-state index contributed by atoms with van der Waals surface area (Å²) in [6.45, 7) is 7.49. The van der Waals surface area contributed by atoms with Crippen LogP contribution in [0.4, 0.5) is 0 Å². The molecule has 0 aromatic heterocycles. The Balaban J connectivity index is 1.89. The summed E-state index contributed by atoms with van der Waals surface area (Å²) in [5, 5.41) is 2.17. The second-order valence-corrected chi connectivity index (χ2v) is 6.80. The SMILES string of the molecule is CC(C)(C)C(=O)ON1CCN(C(=O)c2cccc(Cl)c2)CC1. The second kappa shape index (κ2) is 6.67. The summed E-state index contributed by atoms with van der Waals surface area (Å²) in [5.74, 6) is -0.314. The van der Waals surface area contributed by atoms with E-state index < -0.39 is 5.41 Å². The lowest BCUT2D eigenvalue weighted by atomic mass is 9.98. The quantitative estimate of drug-likeness (QED) is 0.839. The van der Waals surface area contributed by atoms with E-state index in [1.165, 1.54) is 0 Å². The van der Waals surface area contributed by atoms with Crippen molar-refractivity contribution in [1.82, 2.24) is 9.96 Å². The topological polar surface area (TPSA) is 49.9 Å². The predicted molar refractivity (Wildman–Crippen MR) is 84.5 cm³/mol. The molecule has 0 atom stereocenters. The van der Waals surface area contributed by atoms with Crippen LogP contribution in [0.2, 0.25) is 5.02 Å². The first kappa shape index (κ1) is 16.8. The van der Waals surface area contributed by atoms with E-state index >= 15 is 0 Å². The molecular weight excluding hydrogens is 304 g/mol. The average Bonchev–Trinajstić information content (AvgIpc) is 2.46. The second-order valence-electron chi connectivity index (χ2n) is 6.36. The molecule has 0 unspecified atom stereocenters. The molecule has 1 heterocycles. The summed E-state index contributed by atoms with van der Waals surface area (Å²) in [7, 11) is 0. The van der Waals surface area contributed by atoms with Gasteiger partial charge in [-0.15, -0.1) is 5.06 Å². The Morgan fingerprint density at radius 3 is 2.32 bits per heavy atom. The fraction of sp³-hybridized carbons (Fsp3) is 0.500. The highest BCUT2D eigenvalue weighted by molar-refractivity contribution is 6.30. The van der Waals surface area contributed by atoms with Crippen molar-refractivity contribution in [1.29, 1.82) is 0 Å². The third kappa shape index (κ3) is 4.21. The number of hydrogen-bond donors (Lipinski definition) is 0. The van der Waals surface area contributed by atoms with Gasteiger partial charge in [-0.25, -0.2) is 4.79 Å². The molecule has 0 aliphatic carbocycles. The molecule has 22 heavy (non-hydrogen) atoms. The first-order valence-electron chi connectivity index (χ1n) is 7.29. The number of nitrogens with zero attached hydrogens (tertiary/aromatic N) is 2. The zero-order valence-corrected chi connectivity index (χ0v) is 13.9. The molecule has 1 saturated heterocycles. The van der Waals surface area contributed by atoms with Crippen LogP contribution in [0.3, 0.4) is 0 Å². The maximum atomic E-state index is 12.4. The van der Waals surface area contributed by atoms with Gasteiger partial charge in [0.1, 0.15) is 0 Å². The van der Waals surface area contributed by atoms with Gasteiger partial charge in [0.15, 0.2) is 0 Å². The highest BCUT2D eigenvalue weighted by Gasteiger charge is 2.29. The van der Waals surface area contributed by atoms with Crippen molar-refractivity contribution in [2.75, 3.05) is 26.2 Å². The van der Waals surface area contributed by atoms with Gasteiger partial charge in [-0.3, -0.25) is 4.79 Å². The van der Waals surface area contributed by atoms with Crippen molar-refractivity contribution in [3.05, 3.63) is 34.9 Å². The van der Waals surface area contributed by atoms with Gasteiger partial charge in [0, 0.05) is 23.7 Å². The largest absolute Gasteiger partial charge is 0.367 e. The molecular formula is C16H21ClN2O3. The Bertz CT molecular complexity index is 561. The molecule has 5 nitrogen and oxygen atoms in total. The fourth-order valence-corrected chi connectivity index (χ4v) is 2.23. The summed E-state index contributed by atoms with van der Waals surface area (Å²) >= 11 is 5.91. The lowest BCUT2D eigenvalue weighted by Crippen LogP contribution is -2.49. The van der Waals surface area contributed by atoms with Crippen LogP contribution in [0, 0.1) is 5.41 Å². The predicted octanol–water partition coefficient (Wildman–Crippen LogP) is 2.60. The molecule has 0 saturated carbocycles. The molecule has 2 rings (SSSR count). The van der Waals surface area contributed by atoms with Gasteiger partial charge in [-0.1, -0.05) is 17.7 Å². The first-order valence-corrected chi connectivity index (χ1v) is 7.67. The van der Waals surface area contributed by atoms with Crippen molar-refractivity contribution in [3.8, 4) is 0 Å². The van der Waals surface area contributed by atoms with Crippen LogP contribution < -0.4 is 0 Å². The average molecular weight is 325 g/mol. The number of amides is 1. The number of halogens is 1. The van der Waals surface area contributed by atoms with Crippen LogP contribution in [0.25, 0.3) is 0 Å². The summed E-state index contributed by atoms with van der Waals surface area (Å²) in [6.07, 6.45) is 0. The number of hydrogen-bond acceptors (Lipinski definition) is 4. The molecule has 1 fully saturated rings. The third-order valence-corrected chi connectivity index (χ3v) is 3.66. The first-order chi connectivity index (χ1) is 10.3. The van der Waals surface area contributed by atoms with E-state index in [4.69, 9.17) is 16.4 Å². The monoisotopic (exact) mass is 324 g/mol. The van der Waals surface area contributed by atoms with Crippen LogP contribution in [0.15, 0.2) is 24.3 Å². The summed E-state index contributed by atoms with van der Waals surface area (Å²) in [5.41, 5.74) is 0.0425. The molecule has 0 N–H and O–H groups in total. The van der Waals surface area contributed by atoms with Crippen LogP contribution >= 0.6 is 11.6 Å². The van der Waals surface area contributed by atoms with Crippen molar-refractivity contribution in [2.45, 2.75) is 20.8 Å². The lowest BCUT2D eigenvalue weighted by Gasteiger charge is -2.34. The number of hydroxylamine groups is 2. The van der Waals surface area contributed by atoms with Gasteiger partial charge in [0.25, 0.3) is 5.91 Å². The van der Waals surface area contributed by atoms with E-state index in [9.17, 15) is 9.59 Å². The van der Waals surface area contributed by atoms with Crippen molar-refractivity contribution in [3.63, 3.8) is 0 Å². The number of rotatable bonds is 2. The third-order valence-electron chi connectivity index (χ3n) is 3.42. The van der Waals surface area contributed by atoms with Gasteiger partial charge < -0.3 is 9.74 Å². The number of benzene rings is 1. The van der Waals surface area contributed by atoms with Crippen molar-refractivity contribution in [2.24, 2.45) is 5.41 Å². The fourth-order valence-electron chi connectivity index (χ4n) is 2.04. The minimum Gasteiger partial charge on any atom is -0.367 e. The molecule has 1 aromatic rings. The number of carbonyl (C=O) groups excluding carboxylic acids is 2. The molecule has 1 amide bonds. The molecule has 0 radical (unpaired) electrons. The van der Waals surface area contributed by atoms with E-state index in [1.54, 1.807) is 34.2 Å². The molecule has 0 bridgehead atoms. The van der Waals surface area contributed by atoms with Crippen LogP contribution in [-0.2, 0) is 9.63 Å². The Hall–Kier alpha value is -1.59. The number of carbonyl (C=O) groups is 2. The Morgan fingerprint density at radius 2 is 1.77 bits per heavy atom. The zero-order chi connectivity index (χ0) is 16.3.